The molecular formula is C27H35ClN5O8P. The Morgan fingerprint density at radius 2 is 2.00 bits per heavy atom. The molecule has 0 spiro atoms. The number of aromatic amines is 1. The van der Waals surface area contributed by atoms with E-state index in [2.05, 4.69) is 20.3 Å². The van der Waals surface area contributed by atoms with Gasteiger partial charge in [0.2, 0.25) is 0 Å². The first-order valence-electron chi connectivity index (χ1n) is 14.1. The Bertz CT molecular complexity index is 1470. The molecule has 3 fully saturated rings. The quantitative estimate of drug-likeness (QED) is 0.201. The van der Waals surface area contributed by atoms with Crippen molar-refractivity contribution in [3.05, 3.63) is 35.6 Å². The van der Waals surface area contributed by atoms with Crippen LogP contribution >= 0.6 is 19.3 Å². The molecule has 1 aliphatic heterocycles. The van der Waals surface area contributed by atoms with E-state index in [1.807, 2.05) is 0 Å². The number of halogens is 1. The first kappa shape index (κ1) is 29.4. The molecule has 4 atom stereocenters. The van der Waals surface area contributed by atoms with Crippen LogP contribution in [0.3, 0.4) is 0 Å². The molecule has 1 aromatic carbocycles. The van der Waals surface area contributed by atoms with Crippen molar-refractivity contribution in [1.82, 2.24) is 24.8 Å². The van der Waals surface area contributed by atoms with Crippen molar-refractivity contribution in [2.75, 3.05) is 13.7 Å². The van der Waals surface area contributed by atoms with Crippen LogP contribution in [0, 0.1) is 0 Å². The van der Waals surface area contributed by atoms with Gasteiger partial charge in [0.1, 0.15) is 23.0 Å². The van der Waals surface area contributed by atoms with Gasteiger partial charge in [-0.25, -0.2) is 9.55 Å². The summed E-state index contributed by atoms with van der Waals surface area (Å²) in [5.41, 5.74) is -1.49. The summed E-state index contributed by atoms with van der Waals surface area (Å²) in [7, 11) is -2.67. The Kier molecular flexibility index (Phi) is 8.01. The lowest BCUT2D eigenvalue weighted by Crippen LogP contribution is -2.57. The number of H-pyrrole nitrogens is 1. The Balaban J connectivity index is 1.19. The summed E-state index contributed by atoms with van der Waals surface area (Å²) in [5.74, 6) is 0.132. The van der Waals surface area contributed by atoms with E-state index in [0.29, 0.717) is 34.9 Å². The fourth-order valence-electron chi connectivity index (χ4n) is 5.83. The number of imidazole rings is 1. The number of carbonyl (C=O) groups is 1. The molecule has 3 aromatic rings. The minimum atomic E-state index is -4.16. The number of fused-ring (bicyclic) bond motifs is 1. The lowest BCUT2D eigenvalue weighted by atomic mass is 9.78. The highest BCUT2D eigenvalue weighted by atomic mass is 35.5. The summed E-state index contributed by atoms with van der Waals surface area (Å²) in [6, 6.07) is 6.35. The molecule has 0 bridgehead atoms. The first-order valence-corrected chi connectivity index (χ1v) is 16.0. The summed E-state index contributed by atoms with van der Waals surface area (Å²) in [6.45, 7) is 1.45. The Morgan fingerprint density at radius 3 is 2.67 bits per heavy atom. The molecule has 0 amide bonds. The summed E-state index contributed by atoms with van der Waals surface area (Å²) in [5, 5.41) is 21.6. The van der Waals surface area contributed by atoms with Crippen LogP contribution in [-0.2, 0) is 23.4 Å². The molecule has 6 rings (SSSR count). The first-order chi connectivity index (χ1) is 20.1. The molecule has 2 saturated carbocycles. The Hall–Kier alpha value is -2.67. The van der Waals surface area contributed by atoms with Gasteiger partial charge >= 0.3 is 13.7 Å². The van der Waals surface area contributed by atoms with Crippen LogP contribution in [0.2, 0.25) is 5.02 Å². The number of aliphatic hydroxyl groups is 1. The van der Waals surface area contributed by atoms with E-state index in [1.165, 1.54) is 13.4 Å². The maximum absolute atomic E-state index is 14.3. The van der Waals surface area contributed by atoms with Crippen LogP contribution < -0.4 is 14.3 Å². The van der Waals surface area contributed by atoms with Crippen molar-refractivity contribution in [2.45, 2.75) is 87.9 Å². The summed E-state index contributed by atoms with van der Waals surface area (Å²) < 4.78 is 45.0. The molecule has 1 saturated heterocycles. The van der Waals surface area contributed by atoms with Gasteiger partial charge in [0.05, 0.1) is 26.1 Å². The molecule has 15 heteroatoms. The van der Waals surface area contributed by atoms with E-state index in [0.717, 1.165) is 32.1 Å². The normalized spacial score (nSPS) is 27.0. The number of benzene rings is 1. The molecule has 228 valence electrons. The van der Waals surface area contributed by atoms with Gasteiger partial charge in [-0.15, -0.1) is 5.10 Å². The zero-order valence-electron chi connectivity index (χ0n) is 23.5. The van der Waals surface area contributed by atoms with E-state index in [-0.39, 0.29) is 24.9 Å². The monoisotopic (exact) mass is 623 g/mol. The average Bonchev–Trinajstić information content (AvgIpc) is 3.71. The zero-order valence-corrected chi connectivity index (χ0v) is 25.1. The number of nitrogens with one attached hydrogen (secondary N) is 2. The minimum absolute atomic E-state index is 0.134. The number of esters is 1. The number of nitrogens with zero attached hydrogens (tertiary/aromatic N) is 3. The van der Waals surface area contributed by atoms with Crippen LogP contribution in [0.25, 0.3) is 11.2 Å². The molecule has 42 heavy (non-hydrogen) atoms. The second kappa shape index (κ2) is 11.4. The van der Waals surface area contributed by atoms with Gasteiger partial charge in [-0.1, -0.05) is 11.6 Å². The molecule has 0 radical (unpaired) electrons. The number of aromatic nitrogens is 4. The molecule has 3 aliphatic rings. The van der Waals surface area contributed by atoms with Crippen LogP contribution in [0.5, 0.6) is 11.6 Å². The maximum Gasteiger partial charge on any atom is 0.459 e. The lowest BCUT2D eigenvalue weighted by molar-refractivity contribution is -0.160. The number of ether oxygens (including phenoxy) is 3. The second-order valence-electron chi connectivity index (χ2n) is 11.5. The molecule has 3 unspecified atom stereocenters. The van der Waals surface area contributed by atoms with Gasteiger partial charge in [-0.05, 0) is 76.1 Å². The van der Waals surface area contributed by atoms with Gasteiger partial charge in [-0.3, -0.25) is 19.0 Å². The second-order valence-corrected chi connectivity index (χ2v) is 13.5. The largest absolute Gasteiger partial charge is 0.478 e. The molecular weight excluding hydrogens is 589 g/mol. The molecule has 2 aromatic heterocycles. The average molecular weight is 624 g/mol. The van der Waals surface area contributed by atoms with Crippen LogP contribution in [0.1, 0.15) is 64.5 Å². The van der Waals surface area contributed by atoms with Crippen molar-refractivity contribution in [3.63, 3.8) is 0 Å². The predicted molar refractivity (Wildman–Crippen MR) is 151 cm³/mol. The fourth-order valence-corrected chi connectivity index (χ4v) is 7.72. The lowest BCUT2D eigenvalue weighted by Gasteiger charge is -2.41. The van der Waals surface area contributed by atoms with Crippen molar-refractivity contribution in [2.24, 2.45) is 0 Å². The summed E-state index contributed by atoms with van der Waals surface area (Å²) in [6.07, 6.45) is 5.38. The number of carbonyl (C=O) groups excluding carboxylic acids is 1. The summed E-state index contributed by atoms with van der Waals surface area (Å²) in [4.78, 5) is 17.6. The third-order valence-corrected chi connectivity index (χ3v) is 10.1. The minimum Gasteiger partial charge on any atom is -0.478 e. The van der Waals surface area contributed by atoms with Crippen LogP contribution in [-0.4, -0.2) is 67.9 Å². The molecule has 3 N–H and O–H groups in total. The highest BCUT2D eigenvalue weighted by Gasteiger charge is 2.53. The summed E-state index contributed by atoms with van der Waals surface area (Å²) >= 11 is 6.03. The third kappa shape index (κ3) is 5.78. The van der Waals surface area contributed by atoms with Crippen molar-refractivity contribution in [1.29, 1.82) is 0 Å². The number of hydrogen-bond donors (Lipinski definition) is 3. The predicted octanol–water partition coefficient (Wildman–Crippen LogP) is 4.66. The zero-order chi connectivity index (χ0) is 29.5. The number of methoxy groups -OCH3 is 1. The fraction of sp³-hybridized carbons (Fsp3) is 0.593. The topological polar surface area (TPSA) is 159 Å². The van der Waals surface area contributed by atoms with Crippen molar-refractivity contribution in [3.8, 4) is 11.6 Å². The van der Waals surface area contributed by atoms with E-state index in [4.69, 9.17) is 34.9 Å². The third-order valence-electron chi connectivity index (χ3n) is 8.19. The van der Waals surface area contributed by atoms with Crippen LogP contribution in [0.15, 0.2) is 30.6 Å². The van der Waals surface area contributed by atoms with Gasteiger partial charge in [-0.2, -0.15) is 5.09 Å². The standard InChI is InChI=1S/C27H35ClN5O8P/c1-26(35)14-20(39-24(26)33-16-29-21-22(33)30-31-23(21)37-2)15-38-42(36,41-19-10-8-17(28)9-11-19)32-27(12-5-13-27)25(34)40-18-6-3-4-7-18/h8-11,16,18,20,24,35H,3-7,12-15H2,1-2H3,(H,30,31)(H,32,36)/t20?,24?,26-,42?/m1/s1. The van der Waals surface area contributed by atoms with Gasteiger partial charge < -0.3 is 23.8 Å². The molecule has 3 heterocycles. The highest BCUT2D eigenvalue weighted by Crippen LogP contribution is 2.52. The highest BCUT2D eigenvalue weighted by molar-refractivity contribution is 7.52. The Labute approximate surface area is 247 Å². The Morgan fingerprint density at radius 1 is 1.26 bits per heavy atom. The van der Waals surface area contributed by atoms with Crippen molar-refractivity contribution < 1.29 is 37.7 Å². The van der Waals surface area contributed by atoms with Crippen molar-refractivity contribution >= 4 is 36.5 Å². The van der Waals surface area contributed by atoms with Gasteiger partial charge in [0.25, 0.3) is 5.88 Å². The molecule has 2 aliphatic carbocycles. The maximum atomic E-state index is 14.3. The number of rotatable bonds is 11. The SMILES string of the molecule is COc1n[nH]c2c1ncn2C1OC(COP(=O)(NC2(C(=O)OC3CCCC3)CCC2)Oc2ccc(Cl)cc2)C[C@@]1(C)O. The molecule has 13 nitrogen and oxygen atoms in total. The van der Waals surface area contributed by atoms with Gasteiger partial charge in [0, 0.05) is 11.4 Å². The van der Waals surface area contributed by atoms with E-state index >= 15 is 0 Å². The van der Waals surface area contributed by atoms with E-state index in [9.17, 15) is 14.5 Å². The number of hydrogen-bond acceptors (Lipinski definition) is 10. The van der Waals surface area contributed by atoms with Gasteiger partial charge in [0.15, 0.2) is 17.4 Å². The van der Waals surface area contributed by atoms with E-state index < -0.39 is 37.2 Å². The smallest absolute Gasteiger partial charge is 0.459 e. The van der Waals surface area contributed by atoms with E-state index in [1.54, 1.807) is 35.8 Å². The van der Waals surface area contributed by atoms with Crippen LogP contribution in [0.4, 0.5) is 0 Å².